The number of benzene rings is 3. The zero-order chi connectivity index (χ0) is 16.9. The Balaban J connectivity index is 2.39. The van der Waals surface area contributed by atoms with Gasteiger partial charge < -0.3 is 14.2 Å². The zero-order valence-corrected chi connectivity index (χ0v) is 14.1. The summed E-state index contributed by atoms with van der Waals surface area (Å²) in [5.41, 5.74) is 4.18. The van der Waals surface area contributed by atoms with Gasteiger partial charge in [0.2, 0.25) is 5.75 Å². The monoisotopic (exact) mass is 320 g/mol. The lowest BCUT2D eigenvalue weighted by atomic mass is 9.92. The zero-order valence-electron chi connectivity index (χ0n) is 14.1. The fourth-order valence-corrected chi connectivity index (χ4v) is 2.89. The van der Waals surface area contributed by atoms with Gasteiger partial charge >= 0.3 is 0 Å². The van der Waals surface area contributed by atoms with Crippen molar-refractivity contribution >= 4 is 0 Å². The highest BCUT2D eigenvalue weighted by atomic mass is 16.5. The van der Waals surface area contributed by atoms with E-state index in [1.54, 1.807) is 21.3 Å². The molecule has 0 heterocycles. The highest BCUT2D eigenvalue weighted by molar-refractivity contribution is 5.91. The molecule has 0 bridgehead atoms. The van der Waals surface area contributed by atoms with E-state index in [0.717, 1.165) is 22.3 Å². The second kappa shape index (κ2) is 7.09. The maximum atomic E-state index is 5.72. The first-order valence-electron chi connectivity index (χ1n) is 7.74. The quantitative estimate of drug-likeness (QED) is 0.658. The van der Waals surface area contributed by atoms with Gasteiger partial charge in [-0.25, -0.2) is 0 Å². The van der Waals surface area contributed by atoms with Crippen molar-refractivity contribution < 1.29 is 14.2 Å². The van der Waals surface area contributed by atoms with Gasteiger partial charge in [0.05, 0.1) is 21.3 Å². The average Bonchev–Trinajstić information content (AvgIpc) is 2.67. The van der Waals surface area contributed by atoms with Gasteiger partial charge in [-0.15, -0.1) is 0 Å². The standard InChI is InChI=1S/C21H20O3/c1-22-18-14-17(15-10-6-4-7-11-15)19(16-12-8-5-9-13-16)21(24-3)20(18)23-2/h4-14H,1-3H3. The molecular weight excluding hydrogens is 300 g/mol. The summed E-state index contributed by atoms with van der Waals surface area (Å²) in [5, 5.41) is 0. The minimum absolute atomic E-state index is 0.596. The number of hydrogen-bond donors (Lipinski definition) is 0. The summed E-state index contributed by atoms with van der Waals surface area (Å²) < 4.78 is 16.8. The first-order valence-corrected chi connectivity index (χ1v) is 7.74. The lowest BCUT2D eigenvalue weighted by Crippen LogP contribution is -1.99. The van der Waals surface area contributed by atoms with Crippen LogP contribution in [0, 0.1) is 0 Å². The Labute approximate surface area is 142 Å². The van der Waals surface area contributed by atoms with Gasteiger partial charge in [0, 0.05) is 5.56 Å². The van der Waals surface area contributed by atoms with Crippen molar-refractivity contribution in [2.45, 2.75) is 0 Å². The third-order valence-corrected chi connectivity index (χ3v) is 3.98. The first-order chi connectivity index (χ1) is 11.8. The van der Waals surface area contributed by atoms with E-state index in [1.807, 2.05) is 42.5 Å². The van der Waals surface area contributed by atoms with Crippen molar-refractivity contribution in [2.24, 2.45) is 0 Å². The SMILES string of the molecule is COc1cc(-c2ccccc2)c(-c2ccccc2)c(OC)c1OC. The number of hydrogen-bond acceptors (Lipinski definition) is 3. The van der Waals surface area contributed by atoms with Crippen molar-refractivity contribution in [3.05, 3.63) is 66.7 Å². The third-order valence-electron chi connectivity index (χ3n) is 3.98. The summed E-state index contributed by atoms with van der Waals surface area (Å²) in [6, 6.07) is 22.4. The molecule has 3 aromatic rings. The number of methoxy groups -OCH3 is 3. The van der Waals surface area contributed by atoms with E-state index < -0.39 is 0 Å². The maximum absolute atomic E-state index is 5.72. The summed E-state index contributed by atoms with van der Waals surface area (Å²) in [5.74, 6) is 1.91. The van der Waals surface area contributed by atoms with Crippen molar-refractivity contribution in [1.82, 2.24) is 0 Å². The molecule has 3 nitrogen and oxygen atoms in total. The molecule has 3 aromatic carbocycles. The lowest BCUT2D eigenvalue weighted by molar-refractivity contribution is 0.325. The Morgan fingerprint density at radius 2 is 1.12 bits per heavy atom. The van der Waals surface area contributed by atoms with E-state index in [-0.39, 0.29) is 0 Å². The summed E-state index contributed by atoms with van der Waals surface area (Å²) in [4.78, 5) is 0. The largest absolute Gasteiger partial charge is 0.493 e. The van der Waals surface area contributed by atoms with Crippen LogP contribution < -0.4 is 14.2 Å². The topological polar surface area (TPSA) is 27.7 Å². The van der Waals surface area contributed by atoms with Crippen LogP contribution in [0.3, 0.4) is 0 Å². The fraction of sp³-hybridized carbons (Fsp3) is 0.143. The highest BCUT2D eigenvalue weighted by Crippen LogP contribution is 2.49. The van der Waals surface area contributed by atoms with Gasteiger partial charge in [-0.05, 0) is 22.8 Å². The van der Waals surface area contributed by atoms with Gasteiger partial charge in [-0.3, -0.25) is 0 Å². The number of ether oxygens (including phenoxy) is 3. The molecule has 3 rings (SSSR count). The van der Waals surface area contributed by atoms with Gasteiger partial charge in [0.15, 0.2) is 11.5 Å². The first kappa shape index (κ1) is 15.9. The van der Waals surface area contributed by atoms with Gasteiger partial charge in [-0.2, -0.15) is 0 Å². The smallest absolute Gasteiger partial charge is 0.203 e. The van der Waals surface area contributed by atoms with E-state index >= 15 is 0 Å². The molecular formula is C21H20O3. The van der Waals surface area contributed by atoms with Crippen LogP contribution in [0.25, 0.3) is 22.3 Å². The predicted molar refractivity (Wildman–Crippen MR) is 97.0 cm³/mol. The van der Waals surface area contributed by atoms with Crippen LogP contribution in [-0.4, -0.2) is 21.3 Å². The number of rotatable bonds is 5. The Kier molecular flexibility index (Phi) is 4.71. The summed E-state index contributed by atoms with van der Waals surface area (Å²) in [7, 11) is 4.91. The molecule has 0 saturated heterocycles. The van der Waals surface area contributed by atoms with E-state index in [1.165, 1.54) is 0 Å². The normalized spacial score (nSPS) is 10.3. The van der Waals surface area contributed by atoms with Gasteiger partial charge in [0.1, 0.15) is 0 Å². The van der Waals surface area contributed by atoms with Gasteiger partial charge in [-0.1, -0.05) is 60.7 Å². The Morgan fingerprint density at radius 3 is 1.62 bits per heavy atom. The molecule has 3 heteroatoms. The van der Waals surface area contributed by atoms with Crippen LogP contribution >= 0.6 is 0 Å². The summed E-state index contributed by atoms with van der Waals surface area (Å²) >= 11 is 0. The van der Waals surface area contributed by atoms with Crippen LogP contribution in [0.1, 0.15) is 0 Å². The second-order valence-electron chi connectivity index (χ2n) is 5.30. The molecule has 0 N–H and O–H groups in total. The molecule has 0 radical (unpaired) electrons. The molecule has 24 heavy (non-hydrogen) atoms. The van der Waals surface area contributed by atoms with Crippen LogP contribution in [0.2, 0.25) is 0 Å². The summed E-state index contributed by atoms with van der Waals surface area (Å²) in [6.07, 6.45) is 0. The third kappa shape index (κ3) is 2.81. The van der Waals surface area contributed by atoms with Crippen molar-refractivity contribution in [3.63, 3.8) is 0 Å². The van der Waals surface area contributed by atoms with Crippen LogP contribution in [0.5, 0.6) is 17.2 Å². The Morgan fingerprint density at radius 1 is 0.583 bits per heavy atom. The molecule has 0 aliphatic heterocycles. The van der Waals surface area contributed by atoms with E-state index in [2.05, 4.69) is 24.3 Å². The molecule has 0 spiro atoms. The summed E-state index contributed by atoms with van der Waals surface area (Å²) in [6.45, 7) is 0. The van der Waals surface area contributed by atoms with Crippen LogP contribution in [-0.2, 0) is 0 Å². The van der Waals surface area contributed by atoms with E-state index in [0.29, 0.717) is 17.2 Å². The van der Waals surface area contributed by atoms with Gasteiger partial charge in [0.25, 0.3) is 0 Å². The lowest BCUT2D eigenvalue weighted by Gasteiger charge is -2.20. The minimum atomic E-state index is 0.596. The van der Waals surface area contributed by atoms with E-state index in [9.17, 15) is 0 Å². The van der Waals surface area contributed by atoms with Crippen molar-refractivity contribution in [2.75, 3.05) is 21.3 Å². The minimum Gasteiger partial charge on any atom is -0.493 e. The second-order valence-corrected chi connectivity index (χ2v) is 5.30. The van der Waals surface area contributed by atoms with E-state index in [4.69, 9.17) is 14.2 Å². The van der Waals surface area contributed by atoms with Crippen molar-refractivity contribution in [1.29, 1.82) is 0 Å². The maximum Gasteiger partial charge on any atom is 0.203 e. The Bertz CT molecular complexity index is 811. The molecule has 0 aliphatic rings. The molecule has 0 atom stereocenters. The molecule has 0 amide bonds. The molecule has 0 unspecified atom stereocenters. The van der Waals surface area contributed by atoms with Crippen LogP contribution in [0.4, 0.5) is 0 Å². The Hall–Kier alpha value is -2.94. The molecule has 0 saturated carbocycles. The van der Waals surface area contributed by atoms with Crippen LogP contribution in [0.15, 0.2) is 66.7 Å². The molecule has 0 aliphatic carbocycles. The molecule has 0 fully saturated rings. The highest BCUT2D eigenvalue weighted by Gasteiger charge is 2.22. The average molecular weight is 320 g/mol. The fourth-order valence-electron chi connectivity index (χ4n) is 2.89. The molecule has 0 aromatic heterocycles. The molecule has 122 valence electrons. The predicted octanol–water partition coefficient (Wildman–Crippen LogP) is 5.05. The van der Waals surface area contributed by atoms with Crippen molar-refractivity contribution in [3.8, 4) is 39.5 Å².